The van der Waals surface area contributed by atoms with Crippen LogP contribution in [0, 0.1) is 0 Å². The predicted octanol–water partition coefficient (Wildman–Crippen LogP) is 5.79. The van der Waals surface area contributed by atoms with Gasteiger partial charge in [0.15, 0.2) is 11.5 Å². The maximum Gasteiger partial charge on any atom is 0.326 e. The molecule has 2 aromatic rings. The van der Waals surface area contributed by atoms with E-state index in [-0.39, 0.29) is 11.0 Å². The minimum Gasteiger partial charge on any atom is -0.493 e. The molecule has 174 valence electrons. The first-order chi connectivity index (χ1) is 15.7. The lowest BCUT2D eigenvalue weighted by molar-refractivity contribution is -0.149. The number of benzene rings is 2. The van der Waals surface area contributed by atoms with Gasteiger partial charge in [-0.05, 0) is 67.1 Å². The van der Waals surface area contributed by atoms with Crippen molar-refractivity contribution >= 4 is 66.8 Å². The van der Waals surface area contributed by atoms with E-state index >= 15 is 0 Å². The van der Waals surface area contributed by atoms with Crippen molar-refractivity contribution in [1.82, 2.24) is 4.90 Å². The van der Waals surface area contributed by atoms with Gasteiger partial charge in [-0.15, -0.1) is 0 Å². The third kappa shape index (κ3) is 6.61. The van der Waals surface area contributed by atoms with Crippen LogP contribution in [-0.4, -0.2) is 41.8 Å². The summed E-state index contributed by atoms with van der Waals surface area (Å²) >= 11 is 7.66. The summed E-state index contributed by atoms with van der Waals surface area (Å²) in [4.78, 5) is 37.9. The normalized spacial score (nSPS) is 14.8. The maximum absolute atomic E-state index is 12.7. The number of carbonyl (C=O) groups excluding carboxylic acids is 3. The molecule has 0 N–H and O–H groups in total. The third-order valence-electron chi connectivity index (χ3n) is 4.41. The number of amides is 2. The Hall–Kier alpha value is -2.30. The summed E-state index contributed by atoms with van der Waals surface area (Å²) in [5, 5.41) is -0.524. The molecule has 1 aliphatic rings. The molecule has 2 amide bonds. The first-order valence-corrected chi connectivity index (χ1v) is 12.3. The summed E-state index contributed by atoms with van der Waals surface area (Å²) < 4.78 is 18.0. The van der Waals surface area contributed by atoms with Gasteiger partial charge in [0.1, 0.15) is 13.2 Å². The number of imide groups is 1. The van der Waals surface area contributed by atoms with Gasteiger partial charge in [-0.3, -0.25) is 19.3 Å². The highest BCUT2D eigenvalue weighted by atomic mass is 79.9. The minimum absolute atomic E-state index is 0.198. The van der Waals surface area contributed by atoms with Crippen LogP contribution in [0.2, 0.25) is 0 Å². The first kappa shape index (κ1) is 25.3. The van der Waals surface area contributed by atoms with E-state index in [1.165, 1.54) is 7.11 Å². The molecule has 1 aliphatic heterocycles. The van der Waals surface area contributed by atoms with Crippen molar-refractivity contribution in [3.05, 3.63) is 61.4 Å². The van der Waals surface area contributed by atoms with Crippen LogP contribution in [0.1, 0.15) is 25.0 Å². The molecule has 0 radical (unpaired) electrons. The number of ether oxygens (including phenoxy) is 3. The molecule has 0 bridgehead atoms. The molecule has 7 nitrogen and oxygen atoms in total. The van der Waals surface area contributed by atoms with Crippen LogP contribution in [0.5, 0.6) is 11.5 Å². The number of carbonyl (C=O) groups is 3. The zero-order chi connectivity index (χ0) is 24.1. The van der Waals surface area contributed by atoms with Crippen molar-refractivity contribution in [2.75, 3.05) is 13.7 Å². The van der Waals surface area contributed by atoms with E-state index in [9.17, 15) is 14.4 Å². The van der Waals surface area contributed by atoms with Gasteiger partial charge in [0.2, 0.25) is 0 Å². The zero-order valence-electron chi connectivity index (χ0n) is 18.1. The van der Waals surface area contributed by atoms with Crippen LogP contribution in [0.15, 0.2) is 50.2 Å². The van der Waals surface area contributed by atoms with E-state index < -0.39 is 23.7 Å². The Morgan fingerprint density at radius 3 is 2.45 bits per heavy atom. The smallest absolute Gasteiger partial charge is 0.326 e. The molecule has 0 saturated carbocycles. The summed E-state index contributed by atoms with van der Waals surface area (Å²) in [5.41, 5.74) is 1.61. The molecular weight excluding hydrogens is 578 g/mol. The standard InChI is InChI=1S/C23H21Br2NO6S/c1-13(2)32-21(27)11-26-22(28)20(33-23(26)29)9-15-8-18(30-3)19(10-17(15)25)31-12-14-4-6-16(24)7-5-14/h4-10,13H,11-12H2,1-3H3/b20-9+. The average Bonchev–Trinajstić information content (AvgIpc) is 3.01. The van der Waals surface area contributed by atoms with E-state index in [2.05, 4.69) is 31.9 Å². The van der Waals surface area contributed by atoms with Crippen LogP contribution in [0.3, 0.4) is 0 Å². The van der Waals surface area contributed by atoms with Crippen LogP contribution < -0.4 is 9.47 Å². The molecule has 1 fully saturated rings. The Kier molecular flexibility index (Phi) is 8.61. The van der Waals surface area contributed by atoms with Crippen molar-refractivity contribution in [2.24, 2.45) is 0 Å². The number of hydrogen-bond acceptors (Lipinski definition) is 7. The van der Waals surface area contributed by atoms with Gasteiger partial charge >= 0.3 is 5.97 Å². The highest BCUT2D eigenvalue weighted by Crippen LogP contribution is 2.38. The van der Waals surface area contributed by atoms with Gasteiger partial charge in [0.25, 0.3) is 11.1 Å². The molecule has 0 aromatic heterocycles. The Morgan fingerprint density at radius 2 is 1.82 bits per heavy atom. The molecule has 2 aromatic carbocycles. The molecule has 10 heteroatoms. The molecule has 1 heterocycles. The van der Waals surface area contributed by atoms with Crippen LogP contribution in [0.25, 0.3) is 6.08 Å². The number of hydrogen-bond donors (Lipinski definition) is 0. The minimum atomic E-state index is -0.635. The van der Waals surface area contributed by atoms with Gasteiger partial charge in [0.05, 0.1) is 18.1 Å². The number of esters is 1. The molecule has 0 unspecified atom stereocenters. The Labute approximate surface area is 212 Å². The summed E-state index contributed by atoms with van der Waals surface area (Å²) in [6.07, 6.45) is 1.24. The average molecular weight is 599 g/mol. The molecular formula is C23H21Br2NO6S. The number of rotatable bonds is 8. The summed E-state index contributed by atoms with van der Waals surface area (Å²) in [7, 11) is 1.52. The Balaban J connectivity index is 1.77. The lowest BCUT2D eigenvalue weighted by atomic mass is 10.1. The fraction of sp³-hybridized carbons (Fsp3) is 0.261. The van der Waals surface area contributed by atoms with Crippen LogP contribution in [0.4, 0.5) is 4.79 Å². The molecule has 1 saturated heterocycles. The SMILES string of the molecule is COc1cc(/C=C2/SC(=O)N(CC(=O)OC(C)C)C2=O)c(Br)cc1OCc1ccc(Br)cc1. The summed E-state index contributed by atoms with van der Waals surface area (Å²) in [6.45, 7) is 3.32. The third-order valence-corrected chi connectivity index (χ3v) is 6.53. The highest BCUT2D eigenvalue weighted by Gasteiger charge is 2.37. The van der Waals surface area contributed by atoms with E-state index in [4.69, 9.17) is 14.2 Å². The number of methoxy groups -OCH3 is 1. The van der Waals surface area contributed by atoms with E-state index in [0.29, 0.717) is 28.1 Å². The monoisotopic (exact) mass is 597 g/mol. The van der Waals surface area contributed by atoms with Crippen molar-refractivity contribution < 1.29 is 28.6 Å². The largest absolute Gasteiger partial charge is 0.493 e. The molecule has 33 heavy (non-hydrogen) atoms. The lowest BCUT2D eigenvalue weighted by Crippen LogP contribution is -2.35. The second kappa shape index (κ2) is 11.2. The molecule has 0 atom stereocenters. The topological polar surface area (TPSA) is 82.1 Å². The Bertz CT molecular complexity index is 1100. The predicted molar refractivity (Wildman–Crippen MR) is 133 cm³/mol. The van der Waals surface area contributed by atoms with E-state index in [0.717, 1.165) is 26.7 Å². The summed E-state index contributed by atoms with van der Waals surface area (Å²) in [5.74, 6) is -0.189. The second-order valence-electron chi connectivity index (χ2n) is 7.25. The number of thioether (sulfide) groups is 1. The first-order valence-electron chi connectivity index (χ1n) is 9.87. The van der Waals surface area contributed by atoms with Crippen molar-refractivity contribution in [1.29, 1.82) is 0 Å². The van der Waals surface area contributed by atoms with Gasteiger partial charge in [-0.2, -0.15) is 0 Å². The van der Waals surface area contributed by atoms with Crippen molar-refractivity contribution in [2.45, 2.75) is 26.6 Å². The van der Waals surface area contributed by atoms with Crippen molar-refractivity contribution in [3.8, 4) is 11.5 Å². The molecule has 3 rings (SSSR count). The van der Waals surface area contributed by atoms with Crippen LogP contribution in [-0.2, 0) is 20.9 Å². The van der Waals surface area contributed by atoms with E-state index in [1.807, 2.05) is 24.3 Å². The second-order valence-corrected chi connectivity index (χ2v) is 10.0. The zero-order valence-corrected chi connectivity index (χ0v) is 22.1. The fourth-order valence-electron chi connectivity index (χ4n) is 2.88. The summed E-state index contributed by atoms with van der Waals surface area (Å²) in [6, 6.07) is 11.2. The number of halogens is 2. The lowest BCUT2D eigenvalue weighted by Gasteiger charge is -2.14. The van der Waals surface area contributed by atoms with Gasteiger partial charge in [-0.25, -0.2) is 0 Å². The molecule has 0 spiro atoms. The molecule has 0 aliphatic carbocycles. The highest BCUT2D eigenvalue weighted by molar-refractivity contribution is 9.10. The quantitative estimate of drug-likeness (QED) is 0.281. The van der Waals surface area contributed by atoms with Gasteiger partial charge in [0, 0.05) is 8.95 Å². The van der Waals surface area contributed by atoms with E-state index in [1.54, 1.807) is 32.1 Å². The fourth-order valence-corrected chi connectivity index (χ4v) is 4.41. The number of nitrogens with zero attached hydrogens (tertiary/aromatic N) is 1. The van der Waals surface area contributed by atoms with Crippen LogP contribution >= 0.6 is 43.6 Å². The maximum atomic E-state index is 12.7. The van der Waals surface area contributed by atoms with Gasteiger partial charge in [-0.1, -0.05) is 44.0 Å². The van der Waals surface area contributed by atoms with Gasteiger partial charge < -0.3 is 14.2 Å². The van der Waals surface area contributed by atoms with Crippen molar-refractivity contribution in [3.63, 3.8) is 0 Å². The Morgan fingerprint density at radius 1 is 1.12 bits per heavy atom.